The fraction of sp³-hybridized carbons (Fsp3) is 0.812. The summed E-state index contributed by atoms with van der Waals surface area (Å²) in [6.45, 7) is 10.6. The molecule has 0 unspecified atom stereocenters. The highest BCUT2D eigenvalue weighted by Gasteiger charge is 2.27. The van der Waals surface area contributed by atoms with Crippen LogP contribution in [-0.4, -0.2) is 22.0 Å². The molecular formula is C16H29N3O. The predicted octanol–water partition coefficient (Wildman–Crippen LogP) is 3.67. The Morgan fingerprint density at radius 1 is 1.25 bits per heavy atom. The van der Waals surface area contributed by atoms with Crippen molar-refractivity contribution < 1.29 is 4.74 Å². The van der Waals surface area contributed by atoms with E-state index < -0.39 is 0 Å². The van der Waals surface area contributed by atoms with Gasteiger partial charge in [0.05, 0.1) is 23.4 Å². The van der Waals surface area contributed by atoms with Crippen molar-refractivity contribution >= 4 is 5.82 Å². The normalized spacial score (nSPS) is 24.3. The molecule has 1 aliphatic carbocycles. The van der Waals surface area contributed by atoms with Gasteiger partial charge in [-0.05, 0) is 60.3 Å². The Kier molecular flexibility index (Phi) is 4.43. The van der Waals surface area contributed by atoms with E-state index in [4.69, 9.17) is 15.6 Å². The SMILES string of the molecule is CC(C)OC1CCC(c2cc(N)n(C(C)(C)C)n2)CC1. The highest BCUT2D eigenvalue weighted by Crippen LogP contribution is 2.35. The molecule has 20 heavy (non-hydrogen) atoms. The van der Waals surface area contributed by atoms with E-state index in [1.165, 1.54) is 0 Å². The minimum Gasteiger partial charge on any atom is -0.384 e. The first-order valence-corrected chi connectivity index (χ1v) is 7.78. The van der Waals surface area contributed by atoms with Gasteiger partial charge in [0, 0.05) is 12.0 Å². The number of ether oxygens (including phenoxy) is 1. The summed E-state index contributed by atoms with van der Waals surface area (Å²) >= 11 is 0. The van der Waals surface area contributed by atoms with Gasteiger partial charge in [-0.25, -0.2) is 4.68 Å². The molecule has 0 saturated heterocycles. The lowest BCUT2D eigenvalue weighted by molar-refractivity contribution is -0.0148. The molecule has 0 aromatic carbocycles. The molecule has 1 aromatic rings. The van der Waals surface area contributed by atoms with Gasteiger partial charge in [-0.15, -0.1) is 0 Å². The van der Waals surface area contributed by atoms with Crippen LogP contribution >= 0.6 is 0 Å². The molecule has 0 aliphatic heterocycles. The molecule has 0 atom stereocenters. The van der Waals surface area contributed by atoms with E-state index in [1.54, 1.807) is 0 Å². The average Bonchev–Trinajstić information content (AvgIpc) is 2.71. The summed E-state index contributed by atoms with van der Waals surface area (Å²) < 4.78 is 7.85. The third-order valence-corrected chi connectivity index (χ3v) is 3.95. The molecule has 1 fully saturated rings. The maximum atomic E-state index is 6.10. The van der Waals surface area contributed by atoms with Gasteiger partial charge >= 0.3 is 0 Å². The van der Waals surface area contributed by atoms with Crippen LogP contribution in [0.5, 0.6) is 0 Å². The number of anilines is 1. The molecule has 2 rings (SSSR count). The standard InChI is InChI=1S/C16H29N3O/c1-11(2)20-13-8-6-12(7-9-13)14-10-15(17)19(18-14)16(3,4)5/h10-13H,6-9,17H2,1-5H3. The van der Waals surface area contributed by atoms with Gasteiger partial charge < -0.3 is 10.5 Å². The van der Waals surface area contributed by atoms with Gasteiger partial charge in [0.15, 0.2) is 0 Å². The predicted molar refractivity (Wildman–Crippen MR) is 82.9 cm³/mol. The number of nitrogens with two attached hydrogens (primary N) is 1. The highest BCUT2D eigenvalue weighted by molar-refractivity contribution is 5.33. The van der Waals surface area contributed by atoms with E-state index in [2.05, 4.69) is 40.7 Å². The number of aromatic nitrogens is 2. The van der Waals surface area contributed by atoms with Gasteiger partial charge in [0.25, 0.3) is 0 Å². The Morgan fingerprint density at radius 2 is 1.85 bits per heavy atom. The van der Waals surface area contributed by atoms with Crippen molar-refractivity contribution in [3.05, 3.63) is 11.8 Å². The van der Waals surface area contributed by atoms with E-state index in [0.29, 0.717) is 18.1 Å². The summed E-state index contributed by atoms with van der Waals surface area (Å²) in [5.74, 6) is 1.31. The smallest absolute Gasteiger partial charge is 0.122 e. The summed E-state index contributed by atoms with van der Waals surface area (Å²) in [4.78, 5) is 0. The lowest BCUT2D eigenvalue weighted by atomic mass is 9.85. The van der Waals surface area contributed by atoms with Crippen LogP contribution in [-0.2, 0) is 10.3 Å². The van der Waals surface area contributed by atoms with Crippen LogP contribution in [0.4, 0.5) is 5.82 Å². The Hall–Kier alpha value is -1.03. The Morgan fingerprint density at radius 3 is 2.30 bits per heavy atom. The van der Waals surface area contributed by atoms with Crippen LogP contribution in [0.2, 0.25) is 0 Å². The van der Waals surface area contributed by atoms with Crippen LogP contribution in [0.3, 0.4) is 0 Å². The van der Waals surface area contributed by atoms with Crippen LogP contribution in [0, 0.1) is 0 Å². The topological polar surface area (TPSA) is 53.1 Å². The lowest BCUT2D eigenvalue weighted by Gasteiger charge is -2.29. The zero-order valence-corrected chi connectivity index (χ0v) is 13.5. The first kappa shape index (κ1) is 15.4. The molecular weight excluding hydrogens is 250 g/mol. The summed E-state index contributed by atoms with van der Waals surface area (Å²) in [5, 5.41) is 4.74. The van der Waals surface area contributed by atoms with Gasteiger partial charge in [-0.3, -0.25) is 0 Å². The molecule has 2 N–H and O–H groups in total. The quantitative estimate of drug-likeness (QED) is 0.918. The second-order valence-electron chi connectivity index (χ2n) is 7.24. The number of rotatable bonds is 3. The second-order valence-corrected chi connectivity index (χ2v) is 7.24. The number of hydrogen-bond acceptors (Lipinski definition) is 3. The van der Waals surface area contributed by atoms with Crippen LogP contribution in [0.25, 0.3) is 0 Å². The summed E-state index contributed by atoms with van der Waals surface area (Å²) in [7, 11) is 0. The second kappa shape index (κ2) is 5.76. The molecule has 1 heterocycles. The zero-order valence-electron chi connectivity index (χ0n) is 13.5. The Labute approximate surface area is 122 Å². The van der Waals surface area contributed by atoms with Crippen molar-refractivity contribution in [1.29, 1.82) is 0 Å². The van der Waals surface area contributed by atoms with Gasteiger partial charge in [0.2, 0.25) is 0 Å². The van der Waals surface area contributed by atoms with Crippen molar-refractivity contribution in [2.75, 3.05) is 5.73 Å². The zero-order chi connectivity index (χ0) is 14.9. The third kappa shape index (κ3) is 3.54. The minimum atomic E-state index is -0.0553. The Balaban J connectivity index is 2.01. The van der Waals surface area contributed by atoms with Gasteiger partial charge in [-0.1, -0.05) is 0 Å². The molecule has 0 bridgehead atoms. The van der Waals surface area contributed by atoms with Crippen molar-refractivity contribution in [2.45, 2.75) is 84.0 Å². The number of hydrogen-bond donors (Lipinski definition) is 1. The lowest BCUT2D eigenvalue weighted by Crippen LogP contribution is -2.26. The first-order valence-electron chi connectivity index (χ1n) is 7.78. The third-order valence-electron chi connectivity index (χ3n) is 3.95. The van der Waals surface area contributed by atoms with Crippen molar-refractivity contribution in [2.24, 2.45) is 0 Å². The molecule has 0 radical (unpaired) electrons. The maximum Gasteiger partial charge on any atom is 0.122 e. The maximum absolute atomic E-state index is 6.10. The summed E-state index contributed by atoms with van der Waals surface area (Å²) in [6, 6.07) is 2.06. The fourth-order valence-electron chi connectivity index (χ4n) is 3.03. The van der Waals surface area contributed by atoms with E-state index in [-0.39, 0.29) is 5.54 Å². The molecule has 1 saturated carbocycles. The highest BCUT2D eigenvalue weighted by atomic mass is 16.5. The number of nitrogen functional groups attached to an aromatic ring is 1. The molecule has 0 spiro atoms. The first-order chi connectivity index (χ1) is 9.27. The van der Waals surface area contributed by atoms with Gasteiger partial charge in [-0.2, -0.15) is 5.10 Å². The van der Waals surface area contributed by atoms with Crippen LogP contribution in [0.1, 0.15) is 71.9 Å². The van der Waals surface area contributed by atoms with Crippen molar-refractivity contribution in [1.82, 2.24) is 9.78 Å². The van der Waals surface area contributed by atoms with Gasteiger partial charge in [0.1, 0.15) is 5.82 Å². The van der Waals surface area contributed by atoms with Crippen molar-refractivity contribution in [3.8, 4) is 0 Å². The molecule has 114 valence electrons. The molecule has 1 aliphatic rings. The molecule has 4 nitrogen and oxygen atoms in total. The largest absolute Gasteiger partial charge is 0.384 e. The molecule has 0 amide bonds. The van der Waals surface area contributed by atoms with Crippen LogP contribution < -0.4 is 5.73 Å². The number of nitrogens with zero attached hydrogens (tertiary/aromatic N) is 2. The Bertz CT molecular complexity index is 437. The van der Waals surface area contributed by atoms with E-state index in [9.17, 15) is 0 Å². The minimum absolute atomic E-state index is 0.0553. The molecule has 1 aromatic heterocycles. The van der Waals surface area contributed by atoms with E-state index in [1.807, 2.05) is 4.68 Å². The summed E-state index contributed by atoms with van der Waals surface area (Å²) in [6.07, 6.45) is 5.31. The van der Waals surface area contributed by atoms with E-state index >= 15 is 0 Å². The summed E-state index contributed by atoms with van der Waals surface area (Å²) in [5.41, 5.74) is 7.20. The molecule has 4 heteroatoms. The van der Waals surface area contributed by atoms with Crippen molar-refractivity contribution in [3.63, 3.8) is 0 Å². The van der Waals surface area contributed by atoms with Crippen LogP contribution in [0.15, 0.2) is 6.07 Å². The fourth-order valence-corrected chi connectivity index (χ4v) is 3.03. The average molecular weight is 279 g/mol. The van der Waals surface area contributed by atoms with E-state index in [0.717, 1.165) is 37.2 Å². The monoisotopic (exact) mass is 279 g/mol.